The van der Waals surface area contributed by atoms with Gasteiger partial charge in [0.25, 0.3) is 0 Å². The Kier molecular flexibility index (Phi) is 5.91. The van der Waals surface area contributed by atoms with Crippen LogP contribution in [0.3, 0.4) is 0 Å². The minimum Gasteiger partial charge on any atom is -0.494 e. The fourth-order valence-corrected chi connectivity index (χ4v) is 1.63. The molecule has 0 aliphatic carbocycles. The van der Waals surface area contributed by atoms with Gasteiger partial charge in [-0.1, -0.05) is 38.3 Å². The first-order valence-corrected chi connectivity index (χ1v) is 5.87. The number of hydrogen-bond acceptors (Lipinski definition) is 1. The molecule has 0 saturated heterocycles. The Morgan fingerprint density at radius 2 is 1.80 bits per heavy atom. The third kappa shape index (κ3) is 4.87. The molecule has 0 heterocycles. The maximum Gasteiger partial charge on any atom is 0.119 e. The molecule has 0 N–H and O–H groups in total. The zero-order valence-electron chi connectivity index (χ0n) is 9.67. The summed E-state index contributed by atoms with van der Waals surface area (Å²) in [7, 11) is 0. The first-order valence-electron chi connectivity index (χ1n) is 5.87. The summed E-state index contributed by atoms with van der Waals surface area (Å²) in [5.74, 6) is 0.919. The molecular formula is C14H21O. The van der Waals surface area contributed by atoms with E-state index >= 15 is 0 Å². The van der Waals surface area contributed by atoms with E-state index in [1.165, 1.54) is 37.7 Å². The molecule has 1 heteroatoms. The Balaban J connectivity index is 2.29. The highest BCUT2D eigenvalue weighted by Crippen LogP contribution is 2.14. The van der Waals surface area contributed by atoms with E-state index in [-0.39, 0.29) is 0 Å². The average molecular weight is 205 g/mol. The highest BCUT2D eigenvalue weighted by molar-refractivity contribution is 5.27. The smallest absolute Gasteiger partial charge is 0.119 e. The van der Waals surface area contributed by atoms with Gasteiger partial charge in [-0.3, -0.25) is 0 Å². The van der Waals surface area contributed by atoms with Gasteiger partial charge in [-0.15, -0.1) is 0 Å². The first-order chi connectivity index (χ1) is 7.36. The molecule has 0 unspecified atom stereocenters. The molecule has 0 aromatic heterocycles. The molecule has 0 aliphatic heterocycles. The van der Waals surface area contributed by atoms with Crippen LogP contribution in [0.4, 0.5) is 0 Å². The second kappa shape index (κ2) is 7.33. The normalized spacial score (nSPS) is 10.3. The molecule has 1 radical (unpaired) electrons. The van der Waals surface area contributed by atoms with Crippen molar-refractivity contribution in [3.05, 3.63) is 36.8 Å². The number of rotatable bonds is 7. The quantitative estimate of drug-likeness (QED) is 0.611. The third-order valence-electron chi connectivity index (χ3n) is 2.51. The predicted molar refractivity (Wildman–Crippen MR) is 65.1 cm³/mol. The number of ether oxygens (including phenoxy) is 1. The molecular weight excluding hydrogens is 184 g/mol. The van der Waals surface area contributed by atoms with E-state index in [1.807, 2.05) is 12.1 Å². The molecule has 0 saturated carbocycles. The van der Waals surface area contributed by atoms with Gasteiger partial charge in [-0.25, -0.2) is 0 Å². The Morgan fingerprint density at radius 1 is 1.07 bits per heavy atom. The molecule has 1 aromatic rings. The van der Waals surface area contributed by atoms with Crippen molar-refractivity contribution in [2.24, 2.45) is 0 Å². The van der Waals surface area contributed by atoms with Crippen LogP contribution in [0.2, 0.25) is 0 Å². The van der Waals surface area contributed by atoms with Crippen molar-refractivity contribution in [1.82, 2.24) is 0 Å². The molecule has 0 amide bonds. The monoisotopic (exact) mass is 205 g/mol. The summed E-state index contributed by atoms with van der Waals surface area (Å²) in [6.45, 7) is 6.39. The van der Waals surface area contributed by atoms with Gasteiger partial charge in [0.2, 0.25) is 0 Å². The summed E-state index contributed by atoms with van der Waals surface area (Å²) in [6.07, 6.45) is 6.47. The maximum atomic E-state index is 5.29. The van der Waals surface area contributed by atoms with Crippen LogP contribution in [0.1, 0.15) is 38.2 Å². The largest absolute Gasteiger partial charge is 0.494 e. The molecule has 1 nitrogen and oxygen atoms in total. The third-order valence-corrected chi connectivity index (χ3v) is 2.51. The first kappa shape index (κ1) is 12.1. The topological polar surface area (TPSA) is 9.23 Å². The highest BCUT2D eigenvalue weighted by Gasteiger charge is 1.95. The summed E-state index contributed by atoms with van der Waals surface area (Å²) in [4.78, 5) is 0. The molecule has 1 aromatic carbocycles. The lowest BCUT2D eigenvalue weighted by atomic mass is 10.1. The van der Waals surface area contributed by atoms with Crippen molar-refractivity contribution in [3.63, 3.8) is 0 Å². The maximum absolute atomic E-state index is 5.29. The van der Waals surface area contributed by atoms with Gasteiger partial charge in [-0.2, -0.15) is 0 Å². The number of unbranched alkanes of at least 4 members (excludes halogenated alkanes) is 3. The standard InChI is InChI=1S/C14H21O/c1-3-5-6-7-8-13-9-11-14(12-10-13)15-4-2/h9-12H,2-8H2,1H3. The average Bonchev–Trinajstić information content (AvgIpc) is 2.27. The SMILES string of the molecule is [CH2]COc1ccc(CCCCCC)cc1. The van der Waals surface area contributed by atoms with Crippen molar-refractivity contribution in [2.75, 3.05) is 6.61 Å². The molecule has 0 atom stereocenters. The van der Waals surface area contributed by atoms with Crippen LogP contribution < -0.4 is 4.74 Å². The van der Waals surface area contributed by atoms with E-state index in [4.69, 9.17) is 4.74 Å². The lowest BCUT2D eigenvalue weighted by Gasteiger charge is -2.04. The molecule has 0 aliphatic rings. The fourth-order valence-electron chi connectivity index (χ4n) is 1.63. The second-order valence-corrected chi connectivity index (χ2v) is 3.80. The van der Waals surface area contributed by atoms with E-state index in [0.29, 0.717) is 6.61 Å². The van der Waals surface area contributed by atoms with Gasteiger partial charge < -0.3 is 4.74 Å². The van der Waals surface area contributed by atoms with Crippen molar-refractivity contribution < 1.29 is 4.74 Å². The lowest BCUT2D eigenvalue weighted by Crippen LogP contribution is -1.92. The molecule has 0 bridgehead atoms. The number of benzene rings is 1. The van der Waals surface area contributed by atoms with Gasteiger partial charge in [0, 0.05) is 0 Å². The van der Waals surface area contributed by atoms with Crippen LogP contribution >= 0.6 is 0 Å². The van der Waals surface area contributed by atoms with Crippen LogP contribution in [0.25, 0.3) is 0 Å². The molecule has 0 spiro atoms. The van der Waals surface area contributed by atoms with Crippen molar-refractivity contribution in [3.8, 4) is 5.75 Å². The minimum atomic E-state index is 0.496. The predicted octanol–water partition coefficient (Wildman–Crippen LogP) is 4.02. The zero-order valence-corrected chi connectivity index (χ0v) is 9.67. The van der Waals surface area contributed by atoms with Gasteiger partial charge in [0.15, 0.2) is 0 Å². The van der Waals surface area contributed by atoms with Crippen molar-refractivity contribution in [2.45, 2.75) is 39.0 Å². The summed E-state index contributed by atoms with van der Waals surface area (Å²) in [5.41, 5.74) is 1.41. The van der Waals surface area contributed by atoms with Crippen LogP contribution in [-0.4, -0.2) is 6.61 Å². The van der Waals surface area contributed by atoms with Crippen molar-refractivity contribution >= 4 is 0 Å². The minimum absolute atomic E-state index is 0.496. The van der Waals surface area contributed by atoms with E-state index in [9.17, 15) is 0 Å². The number of aryl methyl sites for hydroxylation is 1. The van der Waals surface area contributed by atoms with Gasteiger partial charge >= 0.3 is 0 Å². The zero-order chi connectivity index (χ0) is 10.9. The van der Waals surface area contributed by atoms with Crippen LogP contribution in [0.15, 0.2) is 24.3 Å². The van der Waals surface area contributed by atoms with E-state index in [1.54, 1.807) is 0 Å². The molecule has 83 valence electrons. The molecule has 1 rings (SSSR count). The van der Waals surface area contributed by atoms with E-state index in [0.717, 1.165) is 5.75 Å². The Hall–Kier alpha value is -0.980. The summed E-state index contributed by atoms with van der Waals surface area (Å²) < 4.78 is 5.29. The Morgan fingerprint density at radius 3 is 2.40 bits per heavy atom. The highest BCUT2D eigenvalue weighted by atomic mass is 16.5. The van der Waals surface area contributed by atoms with E-state index < -0.39 is 0 Å². The molecule has 0 fully saturated rings. The van der Waals surface area contributed by atoms with Crippen LogP contribution in [0, 0.1) is 6.92 Å². The van der Waals surface area contributed by atoms with E-state index in [2.05, 4.69) is 26.0 Å². The Labute approximate surface area is 93.5 Å². The summed E-state index contributed by atoms with van der Waals surface area (Å²) in [5, 5.41) is 0. The second-order valence-electron chi connectivity index (χ2n) is 3.80. The number of hydrogen-bond donors (Lipinski definition) is 0. The van der Waals surface area contributed by atoms with Gasteiger partial charge in [0.1, 0.15) is 5.75 Å². The fraction of sp³-hybridized carbons (Fsp3) is 0.500. The van der Waals surface area contributed by atoms with Gasteiger partial charge in [0.05, 0.1) is 6.61 Å². The van der Waals surface area contributed by atoms with Crippen molar-refractivity contribution in [1.29, 1.82) is 0 Å². The summed E-state index contributed by atoms with van der Waals surface area (Å²) >= 11 is 0. The van der Waals surface area contributed by atoms with Crippen LogP contribution in [-0.2, 0) is 6.42 Å². The summed E-state index contributed by atoms with van der Waals surface area (Å²) in [6, 6.07) is 8.36. The van der Waals surface area contributed by atoms with Gasteiger partial charge in [-0.05, 0) is 37.5 Å². The van der Waals surface area contributed by atoms with Crippen LogP contribution in [0.5, 0.6) is 5.75 Å². The Bertz CT molecular complexity index is 251. The lowest BCUT2D eigenvalue weighted by molar-refractivity contribution is 0.361. The molecule has 15 heavy (non-hydrogen) atoms.